The zero-order chi connectivity index (χ0) is 14.8. The van der Waals surface area contributed by atoms with Gasteiger partial charge in [-0.1, -0.05) is 0 Å². The summed E-state index contributed by atoms with van der Waals surface area (Å²) in [6, 6.07) is 2.00. The van der Waals surface area contributed by atoms with Gasteiger partial charge in [0.05, 0.1) is 7.11 Å². The van der Waals surface area contributed by atoms with Crippen LogP contribution in [0.5, 0.6) is 11.5 Å². The highest BCUT2D eigenvalue weighted by Crippen LogP contribution is 2.42. The number of alkyl halides is 3. The molecule has 2 N–H and O–H groups in total. The molecular formula is C13H17F3N2O2. The summed E-state index contributed by atoms with van der Waals surface area (Å²) in [6.07, 6.45) is -4.40. The minimum atomic E-state index is -4.40. The first kappa shape index (κ1) is 14.9. The van der Waals surface area contributed by atoms with Gasteiger partial charge >= 0.3 is 6.18 Å². The minimum Gasteiger partial charge on any atom is -0.508 e. The van der Waals surface area contributed by atoms with Crippen molar-refractivity contribution in [1.29, 1.82) is 0 Å². The molecule has 1 atom stereocenters. The van der Waals surface area contributed by atoms with E-state index in [0.717, 1.165) is 0 Å². The summed E-state index contributed by atoms with van der Waals surface area (Å²) in [5.41, 5.74) is 0.0275. The Balaban J connectivity index is 2.40. The number of halogens is 3. The first-order chi connectivity index (χ1) is 9.43. The molecule has 112 valence electrons. The number of methoxy groups -OCH3 is 1. The second kappa shape index (κ2) is 5.88. The third-order valence-electron chi connectivity index (χ3n) is 3.34. The lowest BCUT2D eigenvalue weighted by atomic mass is 10.0. The van der Waals surface area contributed by atoms with Gasteiger partial charge in [0.2, 0.25) is 0 Å². The molecule has 0 bridgehead atoms. The van der Waals surface area contributed by atoms with Crippen LogP contribution in [0.25, 0.3) is 0 Å². The molecule has 0 amide bonds. The number of hydrogen-bond acceptors (Lipinski definition) is 4. The molecule has 1 aromatic rings. The molecule has 7 heteroatoms. The zero-order valence-electron chi connectivity index (χ0n) is 11.1. The minimum absolute atomic E-state index is 0.0275. The molecule has 0 radical (unpaired) electrons. The molecule has 1 aromatic carbocycles. The Morgan fingerprint density at radius 2 is 1.95 bits per heavy atom. The molecule has 1 heterocycles. The maximum absolute atomic E-state index is 13.4. The Morgan fingerprint density at radius 3 is 2.50 bits per heavy atom. The molecule has 1 aliphatic heterocycles. The summed E-state index contributed by atoms with van der Waals surface area (Å²) in [7, 11) is 1.30. The third kappa shape index (κ3) is 3.16. The van der Waals surface area contributed by atoms with Gasteiger partial charge in [-0.25, -0.2) is 0 Å². The van der Waals surface area contributed by atoms with E-state index in [4.69, 9.17) is 4.74 Å². The summed E-state index contributed by atoms with van der Waals surface area (Å²) < 4.78 is 45.3. The van der Waals surface area contributed by atoms with Gasteiger partial charge in [0.15, 0.2) is 0 Å². The van der Waals surface area contributed by atoms with E-state index >= 15 is 0 Å². The number of ether oxygens (including phenoxy) is 1. The standard InChI is InChI=1S/C13H17F3N2O2/c1-20-11-8-9(19)2-3-10(11)12(13(14,15)16)18-6-4-17-5-7-18/h2-3,8,12,17,19H,4-7H2,1H3/t12-/m1/s1. The van der Waals surface area contributed by atoms with E-state index in [1.165, 1.54) is 30.2 Å². The van der Waals surface area contributed by atoms with Crippen LogP contribution >= 0.6 is 0 Å². The first-order valence-electron chi connectivity index (χ1n) is 6.32. The highest BCUT2D eigenvalue weighted by atomic mass is 19.4. The summed E-state index contributed by atoms with van der Waals surface area (Å²) in [5.74, 6) is -0.0716. The molecule has 1 aliphatic rings. The molecule has 4 nitrogen and oxygen atoms in total. The summed E-state index contributed by atoms with van der Waals surface area (Å²) in [5, 5.41) is 12.4. The van der Waals surface area contributed by atoms with Gasteiger partial charge in [0.1, 0.15) is 17.5 Å². The number of nitrogens with one attached hydrogen (secondary N) is 1. The van der Waals surface area contributed by atoms with Gasteiger partial charge < -0.3 is 15.2 Å². The summed E-state index contributed by atoms with van der Waals surface area (Å²) in [6.45, 7) is 1.67. The number of piperazine rings is 1. The van der Waals surface area contributed by atoms with E-state index in [1.54, 1.807) is 0 Å². The molecule has 0 unspecified atom stereocenters. The van der Waals surface area contributed by atoms with Crippen LogP contribution in [0, 0.1) is 0 Å². The topological polar surface area (TPSA) is 44.7 Å². The second-order valence-electron chi connectivity index (χ2n) is 4.66. The van der Waals surface area contributed by atoms with Crippen molar-refractivity contribution in [3.8, 4) is 11.5 Å². The first-order valence-corrected chi connectivity index (χ1v) is 6.32. The predicted octanol–water partition coefficient (Wildman–Crippen LogP) is 1.91. The molecule has 2 rings (SSSR count). The van der Waals surface area contributed by atoms with E-state index in [9.17, 15) is 18.3 Å². The van der Waals surface area contributed by atoms with E-state index in [0.29, 0.717) is 26.2 Å². The average molecular weight is 290 g/mol. The number of hydrogen-bond donors (Lipinski definition) is 2. The SMILES string of the molecule is COc1cc(O)ccc1[C@@H](N1CCNCC1)C(F)(F)F. The van der Waals surface area contributed by atoms with E-state index in [-0.39, 0.29) is 17.1 Å². The smallest absolute Gasteiger partial charge is 0.408 e. The van der Waals surface area contributed by atoms with E-state index < -0.39 is 12.2 Å². The van der Waals surface area contributed by atoms with Gasteiger partial charge in [-0.2, -0.15) is 13.2 Å². The predicted molar refractivity (Wildman–Crippen MR) is 67.9 cm³/mol. The fourth-order valence-electron chi connectivity index (χ4n) is 2.45. The van der Waals surface area contributed by atoms with Crippen molar-refractivity contribution in [1.82, 2.24) is 10.2 Å². The number of benzene rings is 1. The van der Waals surface area contributed by atoms with E-state index in [2.05, 4.69) is 5.32 Å². The van der Waals surface area contributed by atoms with Crippen molar-refractivity contribution in [2.24, 2.45) is 0 Å². The van der Waals surface area contributed by atoms with Crippen molar-refractivity contribution in [2.45, 2.75) is 12.2 Å². The Labute approximate surface area is 115 Å². The van der Waals surface area contributed by atoms with Gasteiger partial charge in [-0.15, -0.1) is 0 Å². The lowest BCUT2D eigenvalue weighted by Crippen LogP contribution is -2.49. The molecular weight excluding hydrogens is 273 g/mol. The number of phenols is 1. The highest BCUT2D eigenvalue weighted by molar-refractivity contribution is 5.42. The largest absolute Gasteiger partial charge is 0.508 e. The summed E-state index contributed by atoms with van der Waals surface area (Å²) >= 11 is 0. The van der Waals surface area contributed by atoms with Crippen molar-refractivity contribution in [3.63, 3.8) is 0 Å². The molecule has 0 spiro atoms. The fourth-order valence-corrected chi connectivity index (χ4v) is 2.45. The molecule has 1 fully saturated rings. The maximum Gasteiger partial charge on any atom is 0.408 e. The zero-order valence-corrected chi connectivity index (χ0v) is 11.1. The fraction of sp³-hybridized carbons (Fsp3) is 0.538. The Bertz CT molecular complexity index is 459. The number of rotatable bonds is 3. The Kier molecular flexibility index (Phi) is 4.39. The third-order valence-corrected chi connectivity index (χ3v) is 3.34. The molecule has 20 heavy (non-hydrogen) atoms. The van der Waals surface area contributed by atoms with E-state index in [1.807, 2.05) is 0 Å². The van der Waals surface area contributed by atoms with Crippen molar-refractivity contribution < 1.29 is 23.0 Å². The van der Waals surface area contributed by atoms with Crippen LogP contribution in [-0.2, 0) is 0 Å². The van der Waals surface area contributed by atoms with Crippen LogP contribution in [0.2, 0.25) is 0 Å². The van der Waals surface area contributed by atoms with Crippen molar-refractivity contribution in [3.05, 3.63) is 23.8 Å². The van der Waals surface area contributed by atoms with Crippen LogP contribution in [0.15, 0.2) is 18.2 Å². The number of nitrogens with zero attached hydrogens (tertiary/aromatic N) is 1. The van der Waals surface area contributed by atoms with Gasteiger partial charge in [-0.05, 0) is 12.1 Å². The van der Waals surface area contributed by atoms with Crippen molar-refractivity contribution in [2.75, 3.05) is 33.3 Å². The highest BCUT2D eigenvalue weighted by Gasteiger charge is 2.46. The molecule has 1 saturated heterocycles. The molecule has 0 saturated carbocycles. The van der Waals surface area contributed by atoms with Crippen LogP contribution in [0.1, 0.15) is 11.6 Å². The number of aromatic hydroxyl groups is 1. The van der Waals surface area contributed by atoms with Crippen LogP contribution in [0.3, 0.4) is 0 Å². The van der Waals surface area contributed by atoms with Crippen molar-refractivity contribution >= 4 is 0 Å². The average Bonchev–Trinajstić information content (AvgIpc) is 2.40. The van der Waals surface area contributed by atoms with Gasteiger partial charge in [-0.3, -0.25) is 4.90 Å². The van der Waals surface area contributed by atoms with Gasteiger partial charge in [0.25, 0.3) is 0 Å². The monoisotopic (exact) mass is 290 g/mol. The van der Waals surface area contributed by atoms with Crippen LogP contribution < -0.4 is 10.1 Å². The second-order valence-corrected chi connectivity index (χ2v) is 4.66. The lowest BCUT2D eigenvalue weighted by Gasteiger charge is -2.36. The maximum atomic E-state index is 13.4. The quantitative estimate of drug-likeness (QED) is 0.892. The van der Waals surface area contributed by atoms with Crippen LogP contribution in [-0.4, -0.2) is 49.5 Å². The van der Waals surface area contributed by atoms with Crippen LogP contribution in [0.4, 0.5) is 13.2 Å². The van der Waals surface area contributed by atoms with Gasteiger partial charge in [0, 0.05) is 37.8 Å². The molecule has 0 aliphatic carbocycles. The normalized spacial score (nSPS) is 18.8. The summed E-state index contributed by atoms with van der Waals surface area (Å²) in [4.78, 5) is 1.38. The number of phenolic OH excluding ortho intramolecular Hbond substituents is 1. The lowest BCUT2D eigenvalue weighted by molar-refractivity contribution is -0.188. The molecule has 0 aromatic heterocycles. The Hall–Kier alpha value is -1.47. The Morgan fingerprint density at radius 1 is 1.30 bits per heavy atom.